The second-order valence-electron chi connectivity index (χ2n) is 7.55. The van der Waals surface area contributed by atoms with E-state index in [-0.39, 0.29) is 12.5 Å². The SMILES string of the molecule is CCCCC[C@H](O)/C=C/[C@H]1C(C/C=C\CCCC(=O)O)[C@H]2CO[C@H]1C2. The fraction of sp³-hybridized carbons (Fsp3) is 0.762. The molecule has 2 aliphatic rings. The zero-order chi connectivity index (χ0) is 18.1. The van der Waals surface area contributed by atoms with Crippen molar-refractivity contribution in [3.05, 3.63) is 24.3 Å². The molecule has 4 heteroatoms. The van der Waals surface area contributed by atoms with Crippen molar-refractivity contribution in [3.8, 4) is 0 Å². The van der Waals surface area contributed by atoms with Gasteiger partial charge >= 0.3 is 5.97 Å². The van der Waals surface area contributed by atoms with Gasteiger partial charge in [0.05, 0.1) is 18.8 Å². The van der Waals surface area contributed by atoms with Crippen molar-refractivity contribution in [2.24, 2.45) is 17.8 Å². The number of carbonyl (C=O) groups is 1. The van der Waals surface area contributed by atoms with Gasteiger partial charge in [-0.05, 0) is 43.9 Å². The molecular formula is C21H34O4. The molecule has 0 radical (unpaired) electrons. The number of ether oxygens (including phenoxy) is 1. The van der Waals surface area contributed by atoms with E-state index >= 15 is 0 Å². The first kappa shape index (κ1) is 20.2. The van der Waals surface area contributed by atoms with Gasteiger partial charge in [0.25, 0.3) is 0 Å². The van der Waals surface area contributed by atoms with Crippen molar-refractivity contribution in [3.63, 3.8) is 0 Å². The number of aliphatic hydroxyl groups is 1. The van der Waals surface area contributed by atoms with Crippen molar-refractivity contribution in [1.29, 1.82) is 0 Å². The summed E-state index contributed by atoms with van der Waals surface area (Å²) < 4.78 is 5.87. The molecule has 2 fully saturated rings. The molecule has 4 nitrogen and oxygen atoms in total. The number of aliphatic hydroxyl groups excluding tert-OH is 1. The Kier molecular flexibility index (Phi) is 8.70. The number of fused-ring (bicyclic) bond motifs is 2. The zero-order valence-corrected chi connectivity index (χ0v) is 15.5. The lowest BCUT2D eigenvalue weighted by atomic mass is 9.84. The molecule has 25 heavy (non-hydrogen) atoms. The summed E-state index contributed by atoms with van der Waals surface area (Å²) in [6.07, 6.45) is 16.7. The van der Waals surface area contributed by atoms with Crippen LogP contribution in [0.1, 0.15) is 64.7 Å². The van der Waals surface area contributed by atoms with Crippen LogP contribution in [0.5, 0.6) is 0 Å². The summed E-state index contributed by atoms with van der Waals surface area (Å²) in [5, 5.41) is 18.8. The number of aliphatic carboxylic acids is 1. The summed E-state index contributed by atoms with van der Waals surface area (Å²) in [7, 11) is 0. The van der Waals surface area contributed by atoms with Gasteiger partial charge < -0.3 is 14.9 Å². The average Bonchev–Trinajstić information content (AvgIpc) is 3.17. The average molecular weight is 350 g/mol. The van der Waals surface area contributed by atoms with Crippen molar-refractivity contribution in [1.82, 2.24) is 0 Å². The van der Waals surface area contributed by atoms with E-state index in [0.29, 0.717) is 30.3 Å². The van der Waals surface area contributed by atoms with Gasteiger partial charge in [0.15, 0.2) is 0 Å². The van der Waals surface area contributed by atoms with Gasteiger partial charge in [-0.25, -0.2) is 0 Å². The summed E-state index contributed by atoms with van der Waals surface area (Å²) in [4.78, 5) is 10.5. The molecule has 0 amide bonds. The van der Waals surface area contributed by atoms with Crippen LogP contribution in [0.2, 0.25) is 0 Å². The molecule has 142 valence electrons. The maximum atomic E-state index is 10.5. The third-order valence-corrected chi connectivity index (χ3v) is 5.58. The van der Waals surface area contributed by atoms with Gasteiger partial charge in [-0.15, -0.1) is 0 Å². The lowest BCUT2D eigenvalue weighted by Gasteiger charge is -2.28. The summed E-state index contributed by atoms with van der Waals surface area (Å²) >= 11 is 0. The molecule has 0 spiro atoms. The molecule has 0 aromatic rings. The molecule has 1 aliphatic carbocycles. The minimum absolute atomic E-state index is 0.244. The fourth-order valence-electron chi connectivity index (χ4n) is 4.15. The molecule has 1 aliphatic heterocycles. The molecule has 1 saturated heterocycles. The second kappa shape index (κ2) is 10.8. The Balaban J connectivity index is 1.78. The molecule has 2 rings (SSSR count). The number of rotatable bonds is 12. The van der Waals surface area contributed by atoms with Crippen molar-refractivity contribution in [2.45, 2.75) is 76.9 Å². The number of hydrogen-bond acceptors (Lipinski definition) is 3. The number of hydrogen-bond donors (Lipinski definition) is 2. The first-order valence-electron chi connectivity index (χ1n) is 9.96. The van der Waals surface area contributed by atoms with Crippen LogP contribution in [0.4, 0.5) is 0 Å². The summed E-state index contributed by atoms with van der Waals surface area (Å²) in [5.74, 6) is 0.902. The number of unbranched alkanes of at least 4 members (excludes halogenated alkanes) is 3. The van der Waals surface area contributed by atoms with Gasteiger partial charge in [0, 0.05) is 12.3 Å². The van der Waals surface area contributed by atoms with Crippen LogP contribution >= 0.6 is 0 Å². The maximum absolute atomic E-state index is 10.5. The Bertz CT molecular complexity index is 457. The van der Waals surface area contributed by atoms with E-state index in [9.17, 15) is 9.90 Å². The predicted octanol–water partition coefficient (Wildman–Crippen LogP) is 4.34. The predicted molar refractivity (Wildman–Crippen MR) is 99.4 cm³/mol. The Morgan fingerprint density at radius 2 is 2.12 bits per heavy atom. The highest BCUT2D eigenvalue weighted by molar-refractivity contribution is 5.66. The third-order valence-electron chi connectivity index (χ3n) is 5.58. The highest BCUT2D eigenvalue weighted by Gasteiger charge is 2.46. The van der Waals surface area contributed by atoms with E-state index in [1.807, 2.05) is 6.08 Å². The monoisotopic (exact) mass is 350 g/mol. The van der Waals surface area contributed by atoms with E-state index in [1.165, 1.54) is 12.8 Å². The highest BCUT2D eigenvalue weighted by Crippen LogP contribution is 2.47. The first-order valence-corrected chi connectivity index (χ1v) is 9.96. The Morgan fingerprint density at radius 1 is 1.28 bits per heavy atom. The highest BCUT2D eigenvalue weighted by atomic mass is 16.5. The zero-order valence-electron chi connectivity index (χ0n) is 15.5. The summed E-state index contributed by atoms with van der Waals surface area (Å²) in [5.41, 5.74) is 0. The standard InChI is InChI=1S/C21H34O4/c1-2-3-6-9-17(22)12-13-19-18(16-14-20(19)25-15-16)10-7-4-5-8-11-21(23)24/h4,7,12-13,16-20,22H,2-3,5-6,8-11,14-15H2,1H3,(H,23,24)/b7-4-,13-12+/t16-,17+,18?,19+,20+/m1/s1. The van der Waals surface area contributed by atoms with Crippen molar-refractivity contribution in [2.75, 3.05) is 6.61 Å². The van der Waals surface area contributed by atoms with Gasteiger partial charge in [0.1, 0.15) is 0 Å². The third kappa shape index (κ3) is 6.59. The molecule has 1 saturated carbocycles. The van der Waals surface area contributed by atoms with E-state index in [0.717, 1.165) is 38.7 Å². The van der Waals surface area contributed by atoms with E-state index in [1.54, 1.807) is 0 Å². The number of carboxylic acids is 1. The topological polar surface area (TPSA) is 66.8 Å². The molecule has 0 aromatic carbocycles. The van der Waals surface area contributed by atoms with Gasteiger partial charge in [-0.1, -0.05) is 50.5 Å². The van der Waals surface area contributed by atoms with Crippen LogP contribution in [0.3, 0.4) is 0 Å². The normalized spacial score (nSPS) is 29.8. The molecular weight excluding hydrogens is 316 g/mol. The lowest BCUT2D eigenvalue weighted by molar-refractivity contribution is -0.137. The second-order valence-corrected chi connectivity index (χ2v) is 7.55. The molecule has 0 aromatic heterocycles. The van der Waals surface area contributed by atoms with Gasteiger partial charge in [-0.2, -0.15) is 0 Å². The van der Waals surface area contributed by atoms with E-state index in [2.05, 4.69) is 25.2 Å². The molecule has 1 unspecified atom stereocenters. The largest absolute Gasteiger partial charge is 0.481 e. The summed E-state index contributed by atoms with van der Waals surface area (Å²) in [6.45, 7) is 3.04. The minimum Gasteiger partial charge on any atom is -0.481 e. The molecule has 2 bridgehead atoms. The smallest absolute Gasteiger partial charge is 0.303 e. The van der Waals surface area contributed by atoms with E-state index < -0.39 is 5.97 Å². The number of carboxylic acid groups (broad SMARTS) is 1. The minimum atomic E-state index is -0.721. The quantitative estimate of drug-likeness (QED) is 0.406. The summed E-state index contributed by atoms with van der Waals surface area (Å²) in [6, 6.07) is 0. The van der Waals surface area contributed by atoms with Gasteiger partial charge in [-0.3, -0.25) is 4.79 Å². The first-order chi connectivity index (χ1) is 12.1. The Hall–Kier alpha value is -1.13. The van der Waals surface area contributed by atoms with Crippen LogP contribution in [-0.4, -0.2) is 35.0 Å². The maximum Gasteiger partial charge on any atom is 0.303 e. The lowest BCUT2D eigenvalue weighted by Crippen LogP contribution is -2.27. The molecule has 5 atom stereocenters. The number of allylic oxidation sites excluding steroid dienone is 2. The van der Waals surface area contributed by atoms with Crippen LogP contribution in [-0.2, 0) is 9.53 Å². The van der Waals surface area contributed by atoms with Crippen molar-refractivity contribution >= 4 is 5.97 Å². The van der Waals surface area contributed by atoms with Crippen LogP contribution in [0, 0.1) is 17.8 Å². The molecule has 2 N–H and O–H groups in total. The van der Waals surface area contributed by atoms with Crippen LogP contribution in [0.25, 0.3) is 0 Å². The Morgan fingerprint density at radius 3 is 2.88 bits per heavy atom. The van der Waals surface area contributed by atoms with E-state index in [4.69, 9.17) is 9.84 Å². The van der Waals surface area contributed by atoms with Crippen LogP contribution < -0.4 is 0 Å². The van der Waals surface area contributed by atoms with Gasteiger partial charge in [0.2, 0.25) is 0 Å². The molecule has 1 heterocycles. The van der Waals surface area contributed by atoms with Crippen molar-refractivity contribution < 1.29 is 19.7 Å². The fourth-order valence-corrected chi connectivity index (χ4v) is 4.15. The van der Waals surface area contributed by atoms with Crippen LogP contribution in [0.15, 0.2) is 24.3 Å². The Labute approximate surface area is 152 Å².